The summed E-state index contributed by atoms with van der Waals surface area (Å²) in [6.45, 7) is 12.8. The SMILES string of the molecule is CC(C)[C@](C)(C#N)NC(=O)CN1CC[C@@H](CN2CCOCC2)C1. The van der Waals surface area contributed by atoms with Gasteiger partial charge in [-0.15, -0.1) is 0 Å². The Balaban J connectivity index is 1.74. The van der Waals surface area contributed by atoms with Gasteiger partial charge in [0.15, 0.2) is 0 Å². The first kappa shape index (κ1) is 18.2. The van der Waals surface area contributed by atoms with Crippen LogP contribution in [0, 0.1) is 23.2 Å². The Morgan fingerprint density at radius 2 is 2.04 bits per heavy atom. The predicted molar refractivity (Wildman–Crippen MR) is 88.8 cm³/mol. The van der Waals surface area contributed by atoms with Gasteiger partial charge < -0.3 is 10.1 Å². The average Bonchev–Trinajstić information content (AvgIpc) is 2.94. The zero-order valence-electron chi connectivity index (χ0n) is 14.7. The molecule has 0 aromatic rings. The smallest absolute Gasteiger partial charge is 0.235 e. The predicted octanol–water partition coefficient (Wildman–Crippen LogP) is 0.695. The standard InChI is InChI=1S/C17H30N4O2/c1-14(2)17(3,13-18)19-16(22)12-21-5-4-15(11-21)10-20-6-8-23-9-7-20/h14-15H,4-12H2,1-3H3,(H,19,22)/t15-,17-/m0/s1. The van der Waals surface area contributed by atoms with Crippen LogP contribution in [0.2, 0.25) is 0 Å². The van der Waals surface area contributed by atoms with Crippen molar-refractivity contribution in [1.29, 1.82) is 5.26 Å². The minimum atomic E-state index is -0.788. The molecule has 2 aliphatic heterocycles. The van der Waals surface area contributed by atoms with Gasteiger partial charge in [0.2, 0.25) is 5.91 Å². The number of amides is 1. The second-order valence-electron chi connectivity index (χ2n) is 7.32. The van der Waals surface area contributed by atoms with Crippen molar-refractivity contribution in [2.45, 2.75) is 32.7 Å². The van der Waals surface area contributed by atoms with E-state index < -0.39 is 5.54 Å². The van der Waals surface area contributed by atoms with Gasteiger partial charge in [0.25, 0.3) is 0 Å². The Labute approximate surface area is 139 Å². The molecule has 0 radical (unpaired) electrons. The lowest BCUT2D eigenvalue weighted by Gasteiger charge is -2.29. The minimum Gasteiger partial charge on any atom is -0.379 e. The van der Waals surface area contributed by atoms with Crippen LogP contribution in [0.3, 0.4) is 0 Å². The van der Waals surface area contributed by atoms with Crippen molar-refractivity contribution in [3.63, 3.8) is 0 Å². The number of hydrogen-bond donors (Lipinski definition) is 1. The lowest BCUT2D eigenvalue weighted by Crippen LogP contribution is -2.51. The molecule has 0 aromatic carbocycles. The highest BCUT2D eigenvalue weighted by molar-refractivity contribution is 5.79. The van der Waals surface area contributed by atoms with E-state index in [0.717, 1.165) is 52.4 Å². The largest absolute Gasteiger partial charge is 0.379 e. The van der Waals surface area contributed by atoms with Gasteiger partial charge in [-0.2, -0.15) is 5.26 Å². The topological polar surface area (TPSA) is 68.6 Å². The molecule has 0 saturated carbocycles. The highest BCUT2D eigenvalue weighted by Gasteiger charge is 2.32. The Bertz CT molecular complexity index is 442. The molecule has 0 unspecified atom stereocenters. The van der Waals surface area contributed by atoms with E-state index in [1.807, 2.05) is 13.8 Å². The molecule has 0 bridgehead atoms. The molecule has 2 fully saturated rings. The second-order valence-corrected chi connectivity index (χ2v) is 7.32. The monoisotopic (exact) mass is 322 g/mol. The summed E-state index contributed by atoms with van der Waals surface area (Å²) in [4.78, 5) is 16.9. The van der Waals surface area contributed by atoms with Crippen LogP contribution in [-0.2, 0) is 9.53 Å². The first-order chi connectivity index (χ1) is 10.9. The quantitative estimate of drug-likeness (QED) is 0.779. The minimum absolute atomic E-state index is 0.0465. The number of carbonyl (C=O) groups excluding carboxylic acids is 1. The van der Waals surface area contributed by atoms with Gasteiger partial charge in [0.1, 0.15) is 5.54 Å². The fourth-order valence-corrected chi connectivity index (χ4v) is 3.19. The Hall–Kier alpha value is -1.16. The third kappa shape index (κ3) is 5.17. The van der Waals surface area contributed by atoms with Gasteiger partial charge in [-0.05, 0) is 31.7 Å². The van der Waals surface area contributed by atoms with Crippen molar-refractivity contribution < 1.29 is 9.53 Å². The van der Waals surface area contributed by atoms with Crippen LogP contribution in [0.4, 0.5) is 0 Å². The summed E-state index contributed by atoms with van der Waals surface area (Å²) in [5.41, 5.74) is -0.788. The zero-order chi connectivity index (χ0) is 16.9. The maximum atomic E-state index is 12.2. The maximum Gasteiger partial charge on any atom is 0.235 e. The van der Waals surface area contributed by atoms with Crippen molar-refractivity contribution in [2.24, 2.45) is 11.8 Å². The molecule has 0 aliphatic carbocycles. The molecule has 6 heteroatoms. The van der Waals surface area contributed by atoms with Crippen molar-refractivity contribution >= 4 is 5.91 Å². The van der Waals surface area contributed by atoms with E-state index in [-0.39, 0.29) is 11.8 Å². The van der Waals surface area contributed by atoms with E-state index in [0.29, 0.717) is 12.5 Å². The number of ether oxygens (including phenoxy) is 1. The maximum absolute atomic E-state index is 12.2. The number of likely N-dealkylation sites (tertiary alicyclic amines) is 1. The number of carbonyl (C=O) groups is 1. The first-order valence-electron chi connectivity index (χ1n) is 8.67. The van der Waals surface area contributed by atoms with E-state index >= 15 is 0 Å². The van der Waals surface area contributed by atoms with Crippen LogP contribution in [0.5, 0.6) is 0 Å². The number of nitrogens with zero attached hydrogens (tertiary/aromatic N) is 3. The first-order valence-corrected chi connectivity index (χ1v) is 8.67. The molecular weight excluding hydrogens is 292 g/mol. The van der Waals surface area contributed by atoms with Gasteiger partial charge in [-0.3, -0.25) is 14.6 Å². The van der Waals surface area contributed by atoms with Gasteiger partial charge in [-0.25, -0.2) is 0 Å². The second kappa shape index (κ2) is 8.09. The van der Waals surface area contributed by atoms with Crippen LogP contribution in [-0.4, -0.2) is 73.7 Å². The Morgan fingerprint density at radius 3 is 2.65 bits per heavy atom. The number of hydrogen-bond acceptors (Lipinski definition) is 5. The average molecular weight is 322 g/mol. The third-order valence-electron chi connectivity index (χ3n) is 5.14. The number of nitriles is 1. The molecule has 130 valence electrons. The van der Waals surface area contributed by atoms with Crippen LogP contribution < -0.4 is 5.32 Å². The fraction of sp³-hybridized carbons (Fsp3) is 0.882. The summed E-state index contributed by atoms with van der Waals surface area (Å²) in [6.07, 6.45) is 1.14. The number of nitrogens with one attached hydrogen (secondary N) is 1. The van der Waals surface area contributed by atoms with Crippen molar-refractivity contribution in [3.8, 4) is 6.07 Å². The third-order valence-corrected chi connectivity index (χ3v) is 5.14. The van der Waals surface area contributed by atoms with Crippen LogP contribution in [0.25, 0.3) is 0 Å². The van der Waals surface area contributed by atoms with Gasteiger partial charge in [0, 0.05) is 26.2 Å². The number of morpholine rings is 1. The van der Waals surface area contributed by atoms with E-state index in [2.05, 4.69) is 21.2 Å². The lowest BCUT2D eigenvalue weighted by molar-refractivity contribution is -0.123. The highest BCUT2D eigenvalue weighted by Crippen LogP contribution is 2.19. The molecule has 2 heterocycles. The summed E-state index contributed by atoms with van der Waals surface area (Å²) < 4.78 is 5.38. The summed E-state index contributed by atoms with van der Waals surface area (Å²) in [5.74, 6) is 0.673. The van der Waals surface area contributed by atoms with Crippen molar-refractivity contribution in [3.05, 3.63) is 0 Å². The summed E-state index contributed by atoms with van der Waals surface area (Å²) in [5, 5.41) is 12.2. The lowest BCUT2D eigenvalue weighted by atomic mass is 9.90. The highest BCUT2D eigenvalue weighted by atomic mass is 16.5. The summed E-state index contributed by atoms with van der Waals surface area (Å²) >= 11 is 0. The van der Waals surface area contributed by atoms with Gasteiger partial charge >= 0.3 is 0 Å². The molecule has 1 N–H and O–H groups in total. The van der Waals surface area contributed by atoms with Crippen LogP contribution >= 0.6 is 0 Å². The van der Waals surface area contributed by atoms with Crippen molar-refractivity contribution in [1.82, 2.24) is 15.1 Å². The summed E-state index contributed by atoms with van der Waals surface area (Å²) in [7, 11) is 0. The van der Waals surface area contributed by atoms with E-state index in [1.165, 1.54) is 0 Å². The van der Waals surface area contributed by atoms with E-state index in [1.54, 1.807) is 6.92 Å². The molecule has 2 aliphatic rings. The Kier molecular flexibility index (Phi) is 6.40. The molecule has 23 heavy (non-hydrogen) atoms. The molecule has 0 spiro atoms. The van der Waals surface area contributed by atoms with Crippen LogP contribution in [0.1, 0.15) is 27.2 Å². The fourth-order valence-electron chi connectivity index (χ4n) is 3.19. The van der Waals surface area contributed by atoms with Gasteiger partial charge in [-0.1, -0.05) is 13.8 Å². The van der Waals surface area contributed by atoms with Crippen LogP contribution in [0.15, 0.2) is 0 Å². The molecule has 2 saturated heterocycles. The number of rotatable bonds is 6. The zero-order valence-corrected chi connectivity index (χ0v) is 14.7. The van der Waals surface area contributed by atoms with Gasteiger partial charge in [0.05, 0.1) is 25.8 Å². The molecule has 2 rings (SSSR count). The molecule has 1 amide bonds. The van der Waals surface area contributed by atoms with Crippen molar-refractivity contribution in [2.75, 3.05) is 52.5 Å². The van der Waals surface area contributed by atoms with E-state index in [4.69, 9.17) is 4.74 Å². The molecule has 0 aromatic heterocycles. The van der Waals surface area contributed by atoms with E-state index in [9.17, 15) is 10.1 Å². The molecule has 6 nitrogen and oxygen atoms in total. The Morgan fingerprint density at radius 1 is 1.35 bits per heavy atom. The summed E-state index contributed by atoms with van der Waals surface area (Å²) in [6, 6.07) is 2.23. The molecular formula is C17H30N4O2. The normalized spacial score (nSPS) is 26.0. The molecule has 2 atom stereocenters.